The Morgan fingerprint density at radius 2 is 2.17 bits per heavy atom. The lowest BCUT2D eigenvalue weighted by molar-refractivity contribution is 0.0779. The second-order valence-corrected chi connectivity index (χ2v) is 4.37. The summed E-state index contributed by atoms with van der Waals surface area (Å²) in [7, 11) is 1.73. The molecule has 96 valence electrons. The van der Waals surface area contributed by atoms with E-state index in [0.29, 0.717) is 23.6 Å². The molecule has 2 aromatic rings. The van der Waals surface area contributed by atoms with Crippen molar-refractivity contribution in [1.82, 2.24) is 20.0 Å². The van der Waals surface area contributed by atoms with Crippen molar-refractivity contribution in [2.45, 2.75) is 27.3 Å². The van der Waals surface area contributed by atoms with Crippen molar-refractivity contribution >= 4 is 5.91 Å². The molecule has 6 nitrogen and oxygen atoms in total. The number of hydrogen-bond acceptors (Lipinski definition) is 4. The largest absolute Gasteiger partial charge is 0.361 e. The van der Waals surface area contributed by atoms with Gasteiger partial charge in [0, 0.05) is 18.9 Å². The number of carbonyl (C=O) groups excluding carboxylic acids is 1. The van der Waals surface area contributed by atoms with Gasteiger partial charge in [0.2, 0.25) is 0 Å². The van der Waals surface area contributed by atoms with Crippen molar-refractivity contribution in [3.05, 3.63) is 34.7 Å². The van der Waals surface area contributed by atoms with Gasteiger partial charge in [0.25, 0.3) is 5.91 Å². The van der Waals surface area contributed by atoms with Crippen LogP contribution in [0.2, 0.25) is 0 Å². The number of H-pyrrole nitrogens is 1. The zero-order valence-corrected chi connectivity index (χ0v) is 10.9. The molecular formula is C12H16N4O2. The van der Waals surface area contributed by atoms with Crippen LogP contribution in [-0.2, 0) is 6.54 Å². The summed E-state index contributed by atoms with van der Waals surface area (Å²) >= 11 is 0. The molecule has 6 heteroatoms. The molecular weight excluding hydrogens is 232 g/mol. The molecule has 0 aliphatic heterocycles. The molecule has 0 bridgehead atoms. The highest BCUT2D eigenvalue weighted by Gasteiger charge is 2.21. The van der Waals surface area contributed by atoms with Crippen LogP contribution in [0.5, 0.6) is 0 Å². The number of rotatable bonds is 3. The van der Waals surface area contributed by atoms with E-state index in [9.17, 15) is 4.79 Å². The molecule has 2 aromatic heterocycles. The number of nitrogens with zero attached hydrogens (tertiary/aromatic N) is 3. The Morgan fingerprint density at radius 1 is 1.44 bits per heavy atom. The van der Waals surface area contributed by atoms with Crippen molar-refractivity contribution in [3.8, 4) is 0 Å². The van der Waals surface area contributed by atoms with E-state index in [1.165, 1.54) is 0 Å². The predicted octanol–water partition coefficient (Wildman–Crippen LogP) is 1.60. The third-order valence-electron chi connectivity index (χ3n) is 2.74. The number of aromatic nitrogens is 3. The van der Waals surface area contributed by atoms with Crippen LogP contribution in [0.15, 0.2) is 10.7 Å². The van der Waals surface area contributed by atoms with Crippen LogP contribution in [0.4, 0.5) is 0 Å². The molecule has 1 N–H and O–H groups in total. The van der Waals surface area contributed by atoms with Gasteiger partial charge in [-0.25, -0.2) is 4.98 Å². The van der Waals surface area contributed by atoms with Gasteiger partial charge in [-0.3, -0.25) is 4.79 Å². The molecule has 0 fully saturated rings. The second-order valence-electron chi connectivity index (χ2n) is 4.37. The number of carbonyl (C=O) groups is 1. The number of imidazole rings is 1. The summed E-state index contributed by atoms with van der Waals surface area (Å²) in [5.74, 6) is 1.19. The van der Waals surface area contributed by atoms with Crippen LogP contribution in [0.3, 0.4) is 0 Å². The topological polar surface area (TPSA) is 75.0 Å². The highest BCUT2D eigenvalue weighted by Crippen LogP contribution is 2.15. The fourth-order valence-electron chi connectivity index (χ4n) is 1.82. The first-order valence-electron chi connectivity index (χ1n) is 5.68. The maximum absolute atomic E-state index is 12.2. The number of amides is 1. The molecule has 0 saturated heterocycles. The third kappa shape index (κ3) is 2.27. The number of hydrogen-bond donors (Lipinski definition) is 1. The fraction of sp³-hybridized carbons (Fsp3) is 0.417. The normalized spacial score (nSPS) is 10.7. The van der Waals surface area contributed by atoms with E-state index in [2.05, 4.69) is 15.1 Å². The standard InChI is InChI=1S/C12H16N4O2/c1-7-5-13-10(14-7)6-16(4)12(17)11-8(2)15-18-9(11)3/h5H,6H2,1-4H3,(H,13,14). The van der Waals surface area contributed by atoms with Crippen LogP contribution in [0, 0.1) is 20.8 Å². The van der Waals surface area contributed by atoms with Crippen molar-refractivity contribution in [2.24, 2.45) is 0 Å². The smallest absolute Gasteiger partial charge is 0.259 e. The minimum atomic E-state index is -0.111. The highest BCUT2D eigenvalue weighted by molar-refractivity contribution is 5.95. The van der Waals surface area contributed by atoms with Crippen LogP contribution >= 0.6 is 0 Å². The van der Waals surface area contributed by atoms with E-state index in [4.69, 9.17) is 4.52 Å². The summed E-state index contributed by atoms with van der Waals surface area (Å²) in [6, 6.07) is 0. The Balaban J connectivity index is 2.14. The average molecular weight is 248 g/mol. The van der Waals surface area contributed by atoms with Crippen molar-refractivity contribution < 1.29 is 9.32 Å². The summed E-state index contributed by atoms with van der Waals surface area (Å²) in [6.07, 6.45) is 1.74. The third-order valence-corrected chi connectivity index (χ3v) is 2.74. The zero-order valence-electron chi connectivity index (χ0n) is 10.9. The second kappa shape index (κ2) is 4.64. The van der Waals surface area contributed by atoms with Gasteiger partial charge < -0.3 is 14.4 Å². The molecule has 2 rings (SSSR count). The Labute approximate surface area is 105 Å². The highest BCUT2D eigenvalue weighted by atomic mass is 16.5. The molecule has 0 aliphatic rings. The van der Waals surface area contributed by atoms with Gasteiger partial charge in [-0.05, 0) is 20.8 Å². The maximum atomic E-state index is 12.2. The first kappa shape index (κ1) is 12.3. The number of aryl methyl sites for hydroxylation is 3. The van der Waals surface area contributed by atoms with E-state index < -0.39 is 0 Å². The molecule has 0 aromatic carbocycles. The van der Waals surface area contributed by atoms with Crippen LogP contribution in [-0.4, -0.2) is 33.0 Å². The van der Waals surface area contributed by atoms with Crippen molar-refractivity contribution in [2.75, 3.05) is 7.05 Å². The minimum Gasteiger partial charge on any atom is -0.361 e. The quantitative estimate of drug-likeness (QED) is 0.895. The van der Waals surface area contributed by atoms with Gasteiger partial charge >= 0.3 is 0 Å². The summed E-state index contributed by atoms with van der Waals surface area (Å²) in [4.78, 5) is 21.1. The minimum absolute atomic E-state index is 0.111. The number of nitrogens with one attached hydrogen (secondary N) is 1. The first-order chi connectivity index (χ1) is 8.49. The van der Waals surface area contributed by atoms with Gasteiger partial charge in [-0.15, -0.1) is 0 Å². The molecule has 0 spiro atoms. The fourth-order valence-corrected chi connectivity index (χ4v) is 1.82. The first-order valence-corrected chi connectivity index (χ1v) is 5.68. The van der Waals surface area contributed by atoms with Crippen LogP contribution < -0.4 is 0 Å². The molecule has 0 unspecified atom stereocenters. The summed E-state index contributed by atoms with van der Waals surface area (Å²) in [5, 5.41) is 3.78. The summed E-state index contributed by atoms with van der Waals surface area (Å²) in [5.41, 5.74) is 2.11. The Morgan fingerprint density at radius 3 is 2.67 bits per heavy atom. The monoisotopic (exact) mass is 248 g/mol. The Bertz CT molecular complexity index is 551. The Kier molecular flexibility index (Phi) is 3.18. The van der Waals surface area contributed by atoms with Gasteiger partial charge in [0.1, 0.15) is 17.1 Å². The van der Waals surface area contributed by atoms with Gasteiger partial charge in [0.05, 0.1) is 12.2 Å². The molecule has 0 aliphatic carbocycles. The zero-order chi connectivity index (χ0) is 13.3. The van der Waals surface area contributed by atoms with Crippen LogP contribution in [0.1, 0.15) is 33.3 Å². The van der Waals surface area contributed by atoms with E-state index in [-0.39, 0.29) is 5.91 Å². The maximum Gasteiger partial charge on any atom is 0.259 e. The number of aromatic amines is 1. The lowest BCUT2D eigenvalue weighted by atomic mass is 10.2. The SMILES string of the molecule is Cc1cnc(CN(C)C(=O)c2c(C)noc2C)[nH]1. The van der Waals surface area contributed by atoms with E-state index in [1.54, 1.807) is 32.0 Å². The molecule has 0 saturated carbocycles. The summed E-state index contributed by atoms with van der Waals surface area (Å²) in [6.45, 7) is 5.84. The molecule has 2 heterocycles. The molecule has 1 amide bonds. The Hall–Kier alpha value is -2.11. The van der Waals surface area contributed by atoms with Gasteiger partial charge in [0.15, 0.2) is 0 Å². The average Bonchev–Trinajstić information content (AvgIpc) is 2.85. The van der Waals surface area contributed by atoms with Crippen molar-refractivity contribution in [3.63, 3.8) is 0 Å². The van der Waals surface area contributed by atoms with Gasteiger partial charge in [-0.1, -0.05) is 5.16 Å². The van der Waals surface area contributed by atoms with E-state index in [1.807, 2.05) is 6.92 Å². The predicted molar refractivity (Wildman–Crippen MR) is 65.1 cm³/mol. The van der Waals surface area contributed by atoms with E-state index in [0.717, 1.165) is 11.5 Å². The van der Waals surface area contributed by atoms with E-state index >= 15 is 0 Å². The van der Waals surface area contributed by atoms with Gasteiger partial charge in [-0.2, -0.15) is 0 Å². The van der Waals surface area contributed by atoms with Crippen molar-refractivity contribution in [1.29, 1.82) is 0 Å². The van der Waals surface area contributed by atoms with Crippen LogP contribution in [0.25, 0.3) is 0 Å². The summed E-state index contributed by atoms with van der Waals surface area (Å²) < 4.78 is 5.00. The molecule has 0 radical (unpaired) electrons. The lowest BCUT2D eigenvalue weighted by Gasteiger charge is -2.15. The lowest BCUT2D eigenvalue weighted by Crippen LogP contribution is -2.27. The molecule has 0 atom stereocenters. The molecule has 18 heavy (non-hydrogen) atoms.